The molecule has 0 unspecified atom stereocenters. The normalized spacial score (nSPS) is 9.87. The summed E-state index contributed by atoms with van der Waals surface area (Å²) in [7, 11) is 0. The molecule has 0 saturated carbocycles. The Balaban J connectivity index is 2.22. The zero-order valence-electron chi connectivity index (χ0n) is 7.81. The summed E-state index contributed by atoms with van der Waals surface area (Å²) in [4.78, 5) is 7.80. The number of hydrogen-bond donors (Lipinski definition) is 3. The maximum atomic E-state index is 9.23. The Bertz CT molecular complexity index is 429. The molecule has 5 heteroatoms. The molecular weight excluding hydrogens is 192 g/mol. The van der Waals surface area contributed by atoms with Gasteiger partial charge in [-0.05, 0) is 12.1 Å². The minimum atomic E-state index is 0.174. The predicted octanol–water partition coefficient (Wildman–Crippen LogP) is 1.31. The van der Waals surface area contributed by atoms with Crippen LogP contribution in [-0.4, -0.2) is 15.1 Å². The third kappa shape index (κ3) is 2.34. The first kappa shape index (κ1) is 9.26. The first-order chi connectivity index (χ1) is 7.24. The smallest absolute Gasteiger partial charge is 0.229 e. The second kappa shape index (κ2) is 3.83. The van der Waals surface area contributed by atoms with Gasteiger partial charge in [0.2, 0.25) is 5.95 Å². The van der Waals surface area contributed by atoms with Crippen LogP contribution in [0.4, 0.5) is 17.5 Å². The van der Waals surface area contributed by atoms with Crippen molar-refractivity contribution >= 4 is 17.5 Å². The lowest BCUT2D eigenvalue weighted by Crippen LogP contribution is -1.99. The number of nitrogens with zero attached hydrogens (tertiary/aromatic N) is 2. The molecule has 0 atom stereocenters. The molecule has 75 valence electrons. The lowest BCUT2D eigenvalue weighted by molar-refractivity contribution is 0.475. The number of aromatic hydroxyl groups is 1. The van der Waals surface area contributed by atoms with Gasteiger partial charge in [-0.1, -0.05) is 6.07 Å². The highest BCUT2D eigenvalue weighted by atomic mass is 16.3. The van der Waals surface area contributed by atoms with Crippen molar-refractivity contribution in [3.8, 4) is 5.75 Å². The standard InChI is InChI=1S/C10H9N4O/c11-9-4-5-12-10(14-9)13-7-2-1-3-8(15)6-7/h1-4,6,15H,(H3,11,12,13,14). The molecule has 1 heterocycles. The monoisotopic (exact) mass is 201 g/mol. The summed E-state index contributed by atoms with van der Waals surface area (Å²) in [5, 5.41) is 12.1. The van der Waals surface area contributed by atoms with Crippen molar-refractivity contribution < 1.29 is 5.11 Å². The zero-order valence-corrected chi connectivity index (χ0v) is 7.81. The van der Waals surface area contributed by atoms with E-state index in [2.05, 4.69) is 21.5 Å². The molecule has 5 nitrogen and oxygen atoms in total. The van der Waals surface area contributed by atoms with Crippen LogP contribution in [0.2, 0.25) is 0 Å². The SMILES string of the molecule is Nc1c[c]nc(Nc2cccc(O)c2)n1. The molecule has 0 spiro atoms. The van der Waals surface area contributed by atoms with Crippen LogP contribution in [0.25, 0.3) is 0 Å². The van der Waals surface area contributed by atoms with E-state index in [0.29, 0.717) is 17.5 Å². The van der Waals surface area contributed by atoms with Crippen molar-refractivity contribution in [2.45, 2.75) is 0 Å². The molecule has 1 aromatic heterocycles. The van der Waals surface area contributed by atoms with E-state index >= 15 is 0 Å². The number of nitrogen functional groups attached to an aromatic ring is 1. The fraction of sp³-hybridized carbons (Fsp3) is 0. The van der Waals surface area contributed by atoms with E-state index in [1.54, 1.807) is 24.3 Å². The summed E-state index contributed by atoms with van der Waals surface area (Å²) < 4.78 is 0. The van der Waals surface area contributed by atoms with Gasteiger partial charge in [-0.25, -0.2) is 4.98 Å². The van der Waals surface area contributed by atoms with Gasteiger partial charge in [-0.15, -0.1) is 0 Å². The summed E-state index contributed by atoms with van der Waals surface area (Å²) in [6.07, 6.45) is 2.60. The van der Waals surface area contributed by atoms with Crippen LogP contribution in [-0.2, 0) is 0 Å². The number of anilines is 3. The van der Waals surface area contributed by atoms with Crippen LogP contribution in [0.1, 0.15) is 0 Å². The number of aromatic nitrogens is 2. The van der Waals surface area contributed by atoms with Crippen molar-refractivity contribution in [1.29, 1.82) is 0 Å². The molecule has 2 aromatic rings. The number of nitrogens with one attached hydrogen (secondary N) is 1. The zero-order chi connectivity index (χ0) is 10.7. The fourth-order valence-corrected chi connectivity index (χ4v) is 1.11. The van der Waals surface area contributed by atoms with Crippen LogP contribution in [0.5, 0.6) is 5.75 Å². The van der Waals surface area contributed by atoms with Gasteiger partial charge in [0, 0.05) is 17.8 Å². The highest BCUT2D eigenvalue weighted by Crippen LogP contribution is 2.18. The van der Waals surface area contributed by atoms with Crippen LogP contribution in [0.3, 0.4) is 0 Å². The van der Waals surface area contributed by atoms with Crippen molar-refractivity contribution in [3.05, 3.63) is 36.5 Å². The summed E-state index contributed by atoms with van der Waals surface area (Å²) in [6.45, 7) is 0. The second-order valence-corrected chi connectivity index (χ2v) is 2.92. The number of phenolic OH excluding ortho intramolecular Hbond substituents is 1. The van der Waals surface area contributed by atoms with Gasteiger partial charge in [0.15, 0.2) is 0 Å². The van der Waals surface area contributed by atoms with E-state index in [9.17, 15) is 5.11 Å². The van der Waals surface area contributed by atoms with Gasteiger partial charge in [0.1, 0.15) is 11.6 Å². The third-order valence-electron chi connectivity index (χ3n) is 1.72. The summed E-state index contributed by atoms with van der Waals surface area (Å²) >= 11 is 0. The lowest BCUT2D eigenvalue weighted by atomic mass is 10.3. The molecule has 0 amide bonds. The van der Waals surface area contributed by atoms with Gasteiger partial charge in [-0.3, -0.25) is 0 Å². The molecule has 2 rings (SSSR count). The molecular formula is C10H9N4O. The van der Waals surface area contributed by atoms with Crippen molar-refractivity contribution in [1.82, 2.24) is 9.97 Å². The van der Waals surface area contributed by atoms with Gasteiger partial charge >= 0.3 is 0 Å². The molecule has 0 aliphatic rings. The van der Waals surface area contributed by atoms with Gasteiger partial charge in [0.25, 0.3) is 0 Å². The molecule has 0 aliphatic heterocycles. The Hall–Kier alpha value is -2.30. The molecule has 4 N–H and O–H groups in total. The average Bonchev–Trinajstić information content (AvgIpc) is 2.17. The van der Waals surface area contributed by atoms with E-state index < -0.39 is 0 Å². The van der Waals surface area contributed by atoms with Crippen molar-refractivity contribution in [3.63, 3.8) is 0 Å². The average molecular weight is 201 g/mol. The molecule has 0 saturated heterocycles. The fourth-order valence-electron chi connectivity index (χ4n) is 1.11. The van der Waals surface area contributed by atoms with Crippen LogP contribution in [0.15, 0.2) is 30.3 Å². The molecule has 0 fully saturated rings. The Morgan fingerprint density at radius 3 is 3.00 bits per heavy atom. The second-order valence-electron chi connectivity index (χ2n) is 2.92. The minimum Gasteiger partial charge on any atom is -0.508 e. The number of hydrogen-bond acceptors (Lipinski definition) is 5. The Morgan fingerprint density at radius 1 is 1.40 bits per heavy atom. The number of phenols is 1. The maximum absolute atomic E-state index is 9.23. The predicted molar refractivity (Wildman–Crippen MR) is 56.7 cm³/mol. The third-order valence-corrected chi connectivity index (χ3v) is 1.72. The van der Waals surface area contributed by atoms with E-state index in [1.165, 1.54) is 6.07 Å². The van der Waals surface area contributed by atoms with E-state index in [4.69, 9.17) is 5.73 Å². The summed E-state index contributed by atoms with van der Waals surface area (Å²) in [5.41, 5.74) is 6.16. The van der Waals surface area contributed by atoms with Crippen molar-refractivity contribution in [2.24, 2.45) is 0 Å². The van der Waals surface area contributed by atoms with Crippen molar-refractivity contribution in [2.75, 3.05) is 11.1 Å². The Labute approximate surface area is 86.6 Å². The molecule has 1 radical (unpaired) electrons. The van der Waals surface area contributed by atoms with E-state index in [0.717, 1.165) is 0 Å². The van der Waals surface area contributed by atoms with Gasteiger partial charge < -0.3 is 16.2 Å². The Kier molecular flexibility index (Phi) is 2.37. The number of benzene rings is 1. The maximum Gasteiger partial charge on any atom is 0.229 e. The van der Waals surface area contributed by atoms with E-state index in [-0.39, 0.29) is 5.75 Å². The largest absolute Gasteiger partial charge is 0.508 e. The van der Waals surface area contributed by atoms with Gasteiger partial charge in [-0.2, -0.15) is 4.98 Å². The van der Waals surface area contributed by atoms with Gasteiger partial charge in [0.05, 0.1) is 6.20 Å². The lowest BCUT2D eigenvalue weighted by Gasteiger charge is -2.04. The topological polar surface area (TPSA) is 84.1 Å². The quantitative estimate of drug-likeness (QED) is 0.682. The highest BCUT2D eigenvalue weighted by Gasteiger charge is 1.98. The van der Waals surface area contributed by atoms with E-state index in [1.807, 2.05) is 0 Å². The molecule has 0 bridgehead atoms. The number of rotatable bonds is 2. The van der Waals surface area contributed by atoms with Crippen LogP contribution < -0.4 is 11.1 Å². The molecule has 0 aliphatic carbocycles. The van der Waals surface area contributed by atoms with Crippen LogP contribution in [0, 0.1) is 6.20 Å². The summed E-state index contributed by atoms with van der Waals surface area (Å²) in [6, 6.07) is 8.12. The minimum absolute atomic E-state index is 0.174. The first-order valence-electron chi connectivity index (χ1n) is 4.31. The highest BCUT2D eigenvalue weighted by molar-refractivity contribution is 5.56. The molecule has 15 heavy (non-hydrogen) atoms. The Morgan fingerprint density at radius 2 is 2.27 bits per heavy atom. The first-order valence-corrected chi connectivity index (χ1v) is 4.31. The molecule has 1 aromatic carbocycles. The summed E-state index contributed by atoms with van der Waals surface area (Å²) in [5.74, 6) is 0.862. The number of nitrogens with two attached hydrogens (primary N) is 1. The van der Waals surface area contributed by atoms with Crippen LogP contribution >= 0.6 is 0 Å².